The van der Waals surface area contributed by atoms with E-state index in [4.69, 9.17) is 10.5 Å². The number of ether oxygens (including phenoxy) is 1. The van der Waals surface area contributed by atoms with Crippen molar-refractivity contribution < 1.29 is 24.5 Å². The second kappa shape index (κ2) is 16.8. The van der Waals surface area contributed by atoms with E-state index in [1.165, 1.54) is 51.2 Å². The van der Waals surface area contributed by atoms with Crippen molar-refractivity contribution in [3.05, 3.63) is 82.7 Å². The molecule has 50 heavy (non-hydrogen) atoms. The molecule has 3 aliphatic carbocycles. The number of allylic oxidation sites excluding steroid dienone is 2. The second-order valence-electron chi connectivity index (χ2n) is 15.2. The minimum atomic E-state index is -1.68. The van der Waals surface area contributed by atoms with E-state index in [9.17, 15) is 19.8 Å². The highest BCUT2D eigenvalue weighted by atomic mass is 16.5. The topological polar surface area (TPSA) is 122 Å². The first-order chi connectivity index (χ1) is 24.3. The van der Waals surface area contributed by atoms with Gasteiger partial charge in [-0.2, -0.15) is 0 Å². The van der Waals surface area contributed by atoms with E-state index in [1.54, 1.807) is 12.1 Å². The van der Waals surface area contributed by atoms with Gasteiger partial charge in [0.1, 0.15) is 0 Å². The summed E-state index contributed by atoms with van der Waals surface area (Å²) in [5.74, 6) is 7.49. The summed E-state index contributed by atoms with van der Waals surface area (Å²) < 4.78 is 5.43. The number of rotatable bonds is 8. The first-order valence-electron chi connectivity index (χ1n) is 18.9. The molecule has 2 aromatic rings. The van der Waals surface area contributed by atoms with Gasteiger partial charge in [-0.15, -0.1) is 0 Å². The van der Waals surface area contributed by atoms with Gasteiger partial charge in [0.25, 0.3) is 0 Å². The van der Waals surface area contributed by atoms with Gasteiger partial charge in [0.2, 0.25) is 0 Å². The SMILES string of the molecule is COc1cc2c(cc1O)C(c1ccccc1)C#CC1CC(CC3=CCNC(N)=C3)CC(CCCC3CCCCC3)CC1C(=O)C(O)C(=O)CC2. The molecule has 0 amide bonds. The fraction of sp³-hybridized carbons (Fsp3) is 0.535. The quantitative estimate of drug-likeness (QED) is 0.174. The van der Waals surface area contributed by atoms with E-state index in [0.29, 0.717) is 43.3 Å². The lowest BCUT2D eigenvalue weighted by atomic mass is 9.77. The predicted octanol–water partition coefficient (Wildman–Crippen LogP) is 7.10. The Morgan fingerprint density at radius 2 is 1.72 bits per heavy atom. The second-order valence-corrected chi connectivity index (χ2v) is 15.2. The Labute approximate surface area is 297 Å². The van der Waals surface area contributed by atoms with E-state index >= 15 is 0 Å². The van der Waals surface area contributed by atoms with E-state index in [0.717, 1.165) is 48.3 Å². The molecular formula is C43H54N2O5. The molecule has 2 fully saturated rings. The molecule has 1 heterocycles. The van der Waals surface area contributed by atoms with Crippen LogP contribution in [-0.2, 0) is 16.0 Å². The number of nitrogens with two attached hydrogens (primary N) is 1. The van der Waals surface area contributed by atoms with Gasteiger partial charge in [0, 0.05) is 24.8 Å². The van der Waals surface area contributed by atoms with Crippen molar-refractivity contribution in [2.75, 3.05) is 13.7 Å². The number of carbonyl (C=O) groups is 2. The molecule has 2 aromatic carbocycles. The maximum Gasteiger partial charge on any atom is 0.173 e. The third-order valence-corrected chi connectivity index (χ3v) is 11.7. The summed E-state index contributed by atoms with van der Waals surface area (Å²) in [4.78, 5) is 27.8. The molecule has 6 unspecified atom stereocenters. The maximum atomic E-state index is 14.3. The molecule has 4 aliphatic rings. The lowest BCUT2D eigenvalue weighted by Gasteiger charge is -2.26. The van der Waals surface area contributed by atoms with E-state index < -0.39 is 17.8 Å². The number of aryl methyl sites for hydroxylation is 1. The summed E-state index contributed by atoms with van der Waals surface area (Å²) in [5, 5.41) is 25.4. The highest BCUT2D eigenvalue weighted by molar-refractivity contribution is 6.06. The van der Waals surface area contributed by atoms with Gasteiger partial charge < -0.3 is 26.0 Å². The Kier molecular flexibility index (Phi) is 12.0. The largest absolute Gasteiger partial charge is 0.504 e. The summed E-state index contributed by atoms with van der Waals surface area (Å²) in [6.45, 7) is 0.698. The van der Waals surface area contributed by atoms with Crippen molar-refractivity contribution in [3.8, 4) is 23.3 Å². The number of hydrogen-bond donors (Lipinski definition) is 4. The van der Waals surface area contributed by atoms with Gasteiger partial charge in [-0.3, -0.25) is 9.59 Å². The number of phenols is 1. The van der Waals surface area contributed by atoms with Crippen LogP contribution in [0.25, 0.3) is 0 Å². The number of dihydropyridines is 1. The van der Waals surface area contributed by atoms with Crippen LogP contribution in [0.2, 0.25) is 0 Å². The molecule has 266 valence electrons. The van der Waals surface area contributed by atoms with Crippen molar-refractivity contribution >= 4 is 11.6 Å². The summed E-state index contributed by atoms with van der Waals surface area (Å²) in [7, 11) is 1.49. The first kappa shape index (κ1) is 35.8. The van der Waals surface area contributed by atoms with Crippen LogP contribution in [-0.4, -0.2) is 41.5 Å². The van der Waals surface area contributed by atoms with Crippen LogP contribution in [0, 0.1) is 41.4 Å². The molecule has 0 aromatic heterocycles. The number of phenolic OH excluding ortho intramolecular Hbond substituents is 1. The van der Waals surface area contributed by atoms with E-state index in [-0.39, 0.29) is 35.7 Å². The minimum Gasteiger partial charge on any atom is -0.504 e. The fourth-order valence-electron chi connectivity index (χ4n) is 9.05. The van der Waals surface area contributed by atoms with Crippen LogP contribution in [0.15, 0.2) is 66.0 Å². The van der Waals surface area contributed by atoms with E-state index in [2.05, 4.69) is 23.2 Å². The molecule has 5 N–H and O–H groups in total. The molecule has 0 saturated heterocycles. The zero-order chi connectivity index (χ0) is 35.0. The van der Waals surface area contributed by atoms with Crippen LogP contribution >= 0.6 is 0 Å². The minimum absolute atomic E-state index is 0.00352. The molecule has 0 spiro atoms. The van der Waals surface area contributed by atoms with Crippen LogP contribution < -0.4 is 15.8 Å². The van der Waals surface area contributed by atoms with Crippen molar-refractivity contribution in [3.63, 3.8) is 0 Å². The highest BCUT2D eigenvalue weighted by Crippen LogP contribution is 2.43. The number of carbonyl (C=O) groups excluding carboxylic acids is 2. The van der Waals surface area contributed by atoms with Gasteiger partial charge in [-0.25, -0.2) is 0 Å². The molecule has 1 aliphatic heterocycles. The third-order valence-electron chi connectivity index (χ3n) is 11.7. The zero-order valence-corrected chi connectivity index (χ0v) is 29.5. The van der Waals surface area contributed by atoms with Gasteiger partial charge in [-0.1, -0.05) is 99.6 Å². The summed E-state index contributed by atoms with van der Waals surface area (Å²) in [5.41, 5.74) is 9.95. The number of fused-ring (bicyclic) bond motifs is 2. The Morgan fingerprint density at radius 3 is 2.48 bits per heavy atom. The number of Topliss-reactive ketones (excluding diaryl/α,β-unsaturated/α-hetero) is 2. The first-order valence-corrected chi connectivity index (χ1v) is 18.9. The Bertz CT molecular complexity index is 1630. The number of ketones is 2. The standard InChI is InChI=1S/C43H54N2O5/c1-50-40-26-34-16-18-38(46)43(49)42(48)37-24-29(12-8-11-28-9-4-2-5-10-28)21-31(22-30-19-20-45-41(44)25-30)23-33(37)15-17-35(36(34)27-39(40)47)32-13-6-3-7-14-32/h3,6-7,13-14,19,25-29,31,33,35,37,43,45,47,49H,2,4-5,8-12,16,18,20-24,44H2,1H3. The number of aliphatic hydroxyl groups excluding tert-OH is 1. The average molecular weight is 679 g/mol. The molecular weight excluding hydrogens is 624 g/mol. The van der Waals surface area contributed by atoms with Crippen molar-refractivity contribution in [2.24, 2.45) is 35.3 Å². The van der Waals surface area contributed by atoms with Gasteiger partial charge >= 0.3 is 0 Å². The van der Waals surface area contributed by atoms with Crippen LogP contribution in [0.1, 0.15) is 106 Å². The summed E-state index contributed by atoms with van der Waals surface area (Å²) >= 11 is 0. The molecule has 0 radical (unpaired) electrons. The number of hydrogen-bond acceptors (Lipinski definition) is 7. The molecule has 7 nitrogen and oxygen atoms in total. The molecule has 6 atom stereocenters. The monoisotopic (exact) mass is 678 g/mol. The fourth-order valence-corrected chi connectivity index (χ4v) is 9.05. The predicted molar refractivity (Wildman–Crippen MR) is 196 cm³/mol. The van der Waals surface area contributed by atoms with Crippen LogP contribution in [0.5, 0.6) is 11.5 Å². The zero-order valence-electron chi connectivity index (χ0n) is 29.5. The molecule has 7 heteroatoms. The summed E-state index contributed by atoms with van der Waals surface area (Å²) in [6, 6.07) is 13.5. The Balaban J connectivity index is 1.39. The van der Waals surface area contributed by atoms with Crippen molar-refractivity contribution in [1.29, 1.82) is 0 Å². The smallest absolute Gasteiger partial charge is 0.173 e. The Hall–Kier alpha value is -4.02. The normalized spacial score (nSPS) is 27.8. The van der Waals surface area contributed by atoms with E-state index in [1.807, 2.05) is 36.4 Å². The average Bonchev–Trinajstić information content (AvgIpc) is 3.29. The third kappa shape index (κ3) is 8.82. The lowest BCUT2D eigenvalue weighted by molar-refractivity contribution is -0.142. The van der Waals surface area contributed by atoms with Gasteiger partial charge in [-0.05, 0) is 90.3 Å². The van der Waals surface area contributed by atoms with Crippen LogP contribution in [0.3, 0.4) is 0 Å². The molecule has 2 saturated carbocycles. The Morgan fingerprint density at radius 1 is 0.940 bits per heavy atom. The molecule has 0 bridgehead atoms. The van der Waals surface area contributed by atoms with Gasteiger partial charge in [0.15, 0.2) is 29.2 Å². The highest BCUT2D eigenvalue weighted by Gasteiger charge is 2.40. The lowest BCUT2D eigenvalue weighted by Crippen LogP contribution is -2.38. The number of nitrogens with one attached hydrogen (secondary N) is 1. The number of methoxy groups -OCH3 is 1. The van der Waals surface area contributed by atoms with Crippen LogP contribution in [0.4, 0.5) is 0 Å². The number of aliphatic hydroxyl groups is 1. The summed E-state index contributed by atoms with van der Waals surface area (Å²) in [6.07, 6.45) is 16.1. The molecule has 6 rings (SSSR count). The number of aromatic hydroxyl groups is 1. The maximum absolute atomic E-state index is 14.3. The van der Waals surface area contributed by atoms with Crippen molar-refractivity contribution in [2.45, 2.75) is 102 Å². The van der Waals surface area contributed by atoms with Crippen molar-refractivity contribution in [1.82, 2.24) is 5.32 Å². The number of benzene rings is 2. The van der Waals surface area contributed by atoms with Gasteiger partial charge in [0.05, 0.1) is 18.8 Å².